The molecule has 0 amide bonds. The van der Waals surface area contributed by atoms with E-state index in [9.17, 15) is 4.79 Å². The highest BCUT2D eigenvalue weighted by Gasteiger charge is 2.13. The Morgan fingerprint density at radius 2 is 2.10 bits per heavy atom. The molecule has 114 valence electrons. The van der Waals surface area contributed by atoms with E-state index in [1.54, 1.807) is 18.5 Å². The van der Waals surface area contributed by atoms with Gasteiger partial charge in [0.25, 0.3) is 0 Å². The lowest BCUT2D eigenvalue weighted by molar-refractivity contribution is 0.0600. The van der Waals surface area contributed by atoms with E-state index in [0.29, 0.717) is 12.3 Å². The van der Waals surface area contributed by atoms with Crippen LogP contribution in [0, 0.1) is 0 Å². The Morgan fingerprint density at radius 3 is 2.76 bits per heavy atom. The van der Waals surface area contributed by atoms with Gasteiger partial charge in [0.05, 0.1) is 30.0 Å². The van der Waals surface area contributed by atoms with Crippen LogP contribution in [-0.2, 0) is 16.2 Å². The maximum Gasteiger partial charge on any atom is 0.337 e. The number of rotatable bonds is 6. The average molecular weight is 306 g/mol. The predicted molar refractivity (Wildman–Crippen MR) is 85.2 cm³/mol. The Bertz CT molecular complexity index is 631. The minimum atomic E-state index is -1.07. The van der Waals surface area contributed by atoms with Crippen LogP contribution in [0.1, 0.15) is 10.4 Å². The molecule has 0 aliphatic heterocycles. The molecule has 1 aromatic heterocycles. The number of nitrogens with zero attached hydrogens (tertiary/aromatic N) is 2. The van der Waals surface area contributed by atoms with E-state index in [0.717, 1.165) is 23.7 Å². The molecule has 0 unspecified atom stereocenters. The van der Waals surface area contributed by atoms with E-state index in [1.807, 2.05) is 10.6 Å². The predicted octanol–water partition coefficient (Wildman–Crippen LogP) is 3.14. The van der Waals surface area contributed by atoms with Crippen LogP contribution in [0.3, 0.4) is 0 Å². The zero-order chi connectivity index (χ0) is 15.5. The number of hydrogen-bond acceptors (Lipinski definition) is 4. The summed E-state index contributed by atoms with van der Waals surface area (Å²) in [6.07, 6.45) is 1.74. The Balaban J connectivity index is 2.08. The summed E-state index contributed by atoms with van der Waals surface area (Å²) in [7, 11) is 0.305. The van der Waals surface area contributed by atoms with Gasteiger partial charge in [-0.3, -0.25) is 0 Å². The Hall–Kier alpha value is -1.66. The van der Waals surface area contributed by atoms with Crippen molar-refractivity contribution < 1.29 is 14.3 Å². The first-order valence-corrected chi connectivity index (χ1v) is 10.7. The van der Waals surface area contributed by atoms with Crippen LogP contribution in [-0.4, -0.2) is 37.3 Å². The van der Waals surface area contributed by atoms with Crippen LogP contribution in [0.4, 0.5) is 0 Å². The molecule has 0 N–H and O–H groups in total. The van der Waals surface area contributed by atoms with Crippen molar-refractivity contribution in [3.63, 3.8) is 0 Å². The Labute approximate surface area is 125 Å². The molecule has 0 aliphatic rings. The Morgan fingerprint density at radius 1 is 1.33 bits per heavy atom. The number of aromatic nitrogens is 2. The highest BCUT2D eigenvalue weighted by Crippen LogP contribution is 2.16. The maximum absolute atomic E-state index is 11.6. The molecule has 0 fully saturated rings. The largest absolute Gasteiger partial charge is 0.465 e. The van der Waals surface area contributed by atoms with E-state index in [-0.39, 0.29) is 5.97 Å². The van der Waals surface area contributed by atoms with Gasteiger partial charge in [-0.15, -0.1) is 0 Å². The lowest BCUT2D eigenvalue weighted by Gasteiger charge is -2.15. The van der Waals surface area contributed by atoms with E-state index in [2.05, 4.69) is 24.6 Å². The third kappa shape index (κ3) is 4.15. The first-order chi connectivity index (χ1) is 9.90. The summed E-state index contributed by atoms with van der Waals surface area (Å²) in [5, 5.41) is 0. The van der Waals surface area contributed by atoms with Gasteiger partial charge in [0.2, 0.25) is 0 Å². The van der Waals surface area contributed by atoms with Gasteiger partial charge in [-0.25, -0.2) is 9.78 Å². The summed E-state index contributed by atoms with van der Waals surface area (Å²) in [5.41, 5.74) is 2.25. The molecule has 0 radical (unpaired) electrons. The highest BCUT2D eigenvalue weighted by molar-refractivity contribution is 6.76. The standard InChI is InChI=1S/C15H22N2O3Si/c1-19-15(18)12-5-6-13-14(9-12)17(10-16-13)11-20-7-8-21(2,3)4/h5-6,9-10H,7-8,11H2,1-4H3. The second-order valence-electron chi connectivity index (χ2n) is 6.26. The summed E-state index contributed by atoms with van der Waals surface area (Å²) >= 11 is 0. The smallest absolute Gasteiger partial charge is 0.337 e. The molecule has 2 rings (SSSR count). The molecular formula is C15H22N2O3Si. The summed E-state index contributed by atoms with van der Waals surface area (Å²) < 4.78 is 12.4. The fourth-order valence-electron chi connectivity index (χ4n) is 1.95. The molecule has 0 atom stereocenters. The van der Waals surface area contributed by atoms with Crippen molar-refractivity contribution in [1.82, 2.24) is 9.55 Å². The van der Waals surface area contributed by atoms with Crippen molar-refractivity contribution in [3.05, 3.63) is 30.1 Å². The summed E-state index contributed by atoms with van der Waals surface area (Å²) in [5.74, 6) is -0.343. The van der Waals surface area contributed by atoms with Crippen LogP contribution in [0.15, 0.2) is 24.5 Å². The molecule has 0 saturated carbocycles. The number of ether oxygens (including phenoxy) is 2. The van der Waals surface area contributed by atoms with Crippen molar-refractivity contribution in [2.45, 2.75) is 32.4 Å². The molecule has 0 aliphatic carbocycles. The number of hydrogen-bond donors (Lipinski definition) is 0. The van der Waals surface area contributed by atoms with E-state index >= 15 is 0 Å². The molecule has 0 bridgehead atoms. The fourth-order valence-corrected chi connectivity index (χ4v) is 2.70. The van der Waals surface area contributed by atoms with E-state index in [1.165, 1.54) is 7.11 Å². The number of carbonyl (C=O) groups is 1. The van der Waals surface area contributed by atoms with Gasteiger partial charge in [0.15, 0.2) is 0 Å². The summed E-state index contributed by atoms with van der Waals surface area (Å²) in [6.45, 7) is 8.18. The molecule has 0 spiro atoms. The monoisotopic (exact) mass is 306 g/mol. The second-order valence-corrected chi connectivity index (χ2v) is 11.9. The maximum atomic E-state index is 11.6. The van der Waals surface area contributed by atoms with Crippen molar-refractivity contribution in [2.75, 3.05) is 13.7 Å². The van der Waals surface area contributed by atoms with Gasteiger partial charge in [-0.05, 0) is 24.2 Å². The number of methoxy groups -OCH3 is 1. The number of carbonyl (C=O) groups excluding carboxylic acids is 1. The molecule has 5 nitrogen and oxygen atoms in total. The number of fused-ring (bicyclic) bond motifs is 1. The minimum absolute atomic E-state index is 0.343. The first-order valence-electron chi connectivity index (χ1n) is 7.02. The van der Waals surface area contributed by atoms with Crippen molar-refractivity contribution in [2.24, 2.45) is 0 Å². The zero-order valence-electron chi connectivity index (χ0n) is 13.0. The Kier molecular flexibility index (Phi) is 4.79. The van der Waals surface area contributed by atoms with Gasteiger partial charge in [0, 0.05) is 14.7 Å². The second kappa shape index (κ2) is 6.40. The number of imidazole rings is 1. The first kappa shape index (κ1) is 15.7. The molecule has 1 heterocycles. The zero-order valence-corrected chi connectivity index (χ0v) is 14.0. The third-order valence-corrected chi connectivity index (χ3v) is 4.97. The summed E-state index contributed by atoms with van der Waals surface area (Å²) in [6, 6.07) is 6.46. The van der Waals surface area contributed by atoms with Gasteiger partial charge in [0.1, 0.15) is 6.73 Å². The molecule has 1 aromatic carbocycles. The average Bonchev–Trinajstić information content (AvgIpc) is 2.84. The lowest BCUT2D eigenvalue weighted by Crippen LogP contribution is -2.21. The minimum Gasteiger partial charge on any atom is -0.465 e. The van der Waals surface area contributed by atoms with Crippen molar-refractivity contribution in [1.29, 1.82) is 0 Å². The van der Waals surface area contributed by atoms with Crippen LogP contribution in [0.25, 0.3) is 11.0 Å². The summed E-state index contributed by atoms with van der Waals surface area (Å²) in [4.78, 5) is 15.9. The van der Waals surface area contributed by atoms with E-state index < -0.39 is 8.07 Å². The number of esters is 1. The normalized spacial score (nSPS) is 11.8. The SMILES string of the molecule is COC(=O)c1ccc2ncn(COCC[Si](C)(C)C)c2c1. The molecule has 6 heteroatoms. The van der Waals surface area contributed by atoms with Crippen molar-refractivity contribution in [3.8, 4) is 0 Å². The fraction of sp³-hybridized carbons (Fsp3) is 0.467. The van der Waals surface area contributed by atoms with Gasteiger partial charge < -0.3 is 14.0 Å². The van der Waals surface area contributed by atoms with Crippen LogP contribution in [0.2, 0.25) is 25.7 Å². The molecule has 21 heavy (non-hydrogen) atoms. The van der Waals surface area contributed by atoms with Crippen molar-refractivity contribution >= 4 is 25.1 Å². The van der Waals surface area contributed by atoms with Gasteiger partial charge in [-0.2, -0.15) is 0 Å². The molecular weight excluding hydrogens is 284 g/mol. The van der Waals surface area contributed by atoms with Crippen LogP contribution >= 0.6 is 0 Å². The van der Waals surface area contributed by atoms with Gasteiger partial charge >= 0.3 is 5.97 Å². The number of benzene rings is 1. The van der Waals surface area contributed by atoms with Crippen LogP contribution < -0.4 is 0 Å². The molecule has 2 aromatic rings. The lowest BCUT2D eigenvalue weighted by atomic mass is 10.2. The van der Waals surface area contributed by atoms with Gasteiger partial charge in [-0.1, -0.05) is 19.6 Å². The quantitative estimate of drug-likeness (QED) is 0.467. The molecule has 0 saturated heterocycles. The van der Waals surface area contributed by atoms with Crippen LogP contribution in [0.5, 0.6) is 0 Å². The third-order valence-electron chi connectivity index (χ3n) is 3.27. The topological polar surface area (TPSA) is 53.3 Å². The highest BCUT2D eigenvalue weighted by atomic mass is 28.3. The van der Waals surface area contributed by atoms with E-state index in [4.69, 9.17) is 9.47 Å².